The maximum Gasteiger partial charge on any atom is 0.258 e. The van der Waals surface area contributed by atoms with E-state index in [0.717, 1.165) is 46.5 Å². The summed E-state index contributed by atoms with van der Waals surface area (Å²) in [7, 11) is 1.68. The minimum atomic E-state index is -0.354. The molecule has 1 aromatic heterocycles. The van der Waals surface area contributed by atoms with Crippen molar-refractivity contribution in [1.29, 1.82) is 5.41 Å². The monoisotopic (exact) mass is 427 g/mol. The molecule has 0 radical (unpaired) electrons. The summed E-state index contributed by atoms with van der Waals surface area (Å²) in [4.78, 5) is 28.8. The van der Waals surface area contributed by atoms with Gasteiger partial charge in [0, 0.05) is 42.7 Å². The first kappa shape index (κ1) is 21.2. The number of nitrogens with one attached hydrogen (secondary N) is 4. The molecule has 0 bridgehead atoms. The second kappa shape index (κ2) is 9.01. The van der Waals surface area contributed by atoms with Gasteiger partial charge in [0.05, 0.1) is 5.57 Å². The van der Waals surface area contributed by atoms with Gasteiger partial charge in [-0.1, -0.05) is 18.2 Å². The molecule has 1 heterocycles. The van der Waals surface area contributed by atoms with E-state index in [-0.39, 0.29) is 23.3 Å². The van der Waals surface area contributed by atoms with Gasteiger partial charge in [0.25, 0.3) is 5.91 Å². The third-order valence-electron chi connectivity index (χ3n) is 5.45. The van der Waals surface area contributed by atoms with Gasteiger partial charge in [-0.3, -0.25) is 9.59 Å². The molecule has 162 valence electrons. The highest BCUT2D eigenvalue weighted by atomic mass is 16.2. The van der Waals surface area contributed by atoms with Crippen molar-refractivity contribution < 1.29 is 9.59 Å². The molecule has 32 heavy (non-hydrogen) atoms. The number of anilines is 2. The van der Waals surface area contributed by atoms with Gasteiger partial charge in [-0.25, -0.2) is 4.98 Å². The summed E-state index contributed by atoms with van der Waals surface area (Å²) >= 11 is 0. The van der Waals surface area contributed by atoms with Crippen LogP contribution in [0.1, 0.15) is 18.4 Å². The zero-order valence-electron chi connectivity index (χ0n) is 18.0. The first-order valence-electron chi connectivity index (χ1n) is 10.5. The largest absolute Gasteiger partial charge is 0.393 e. The van der Waals surface area contributed by atoms with Crippen molar-refractivity contribution in [2.24, 2.45) is 5.92 Å². The molecular formula is C25H25N5O2. The average Bonchev–Trinajstić information content (AvgIpc) is 3.64. The number of aryl methyl sites for hydroxylation is 1. The summed E-state index contributed by atoms with van der Waals surface area (Å²) in [6.45, 7) is 2.02. The molecule has 4 N–H and O–H groups in total. The molecular weight excluding hydrogens is 402 g/mol. The average molecular weight is 428 g/mol. The first-order valence-corrected chi connectivity index (χ1v) is 10.5. The fourth-order valence-electron chi connectivity index (χ4n) is 3.49. The second-order valence-electron chi connectivity index (χ2n) is 7.91. The van der Waals surface area contributed by atoms with Crippen LogP contribution < -0.4 is 16.0 Å². The lowest BCUT2D eigenvalue weighted by atomic mass is 9.97. The van der Waals surface area contributed by atoms with Gasteiger partial charge >= 0.3 is 0 Å². The summed E-state index contributed by atoms with van der Waals surface area (Å²) in [5.41, 5.74) is 3.94. The van der Waals surface area contributed by atoms with Gasteiger partial charge in [0.1, 0.15) is 5.82 Å². The standard InChI is InChI=1S/C25H25N5O2/c1-15-3-8-21(29-25(32)20(12-26)13-27-2)11-22(15)18-7-6-17-10-23(28-14-19(17)9-18)30-24(31)16-4-5-16/h3,6-14,16,26-27H,4-5H2,1-2H3,(H,29,32)(H,28,30,31)/b20-13+,26-12?. The zero-order valence-corrected chi connectivity index (χ0v) is 18.0. The maximum atomic E-state index is 12.4. The molecule has 0 saturated heterocycles. The summed E-state index contributed by atoms with van der Waals surface area (Å²) < 4.78 is 0. The van der Waals surface area contributed by atoms with E-state index in [1.807, 2.05) is 49.4 Å². The fourth-order valence-corrected chi connectivity index (χ4v) is 3.49. The molecule has 4 rings (SSSR count). The van der Waals surface area contributed by atoms with Crippen LogP contribution in [-0.4, -0.2) is 30.1 Å². The van der Waals surface area contributed by atoms with E-state index in [9.17, 15) is 9.59 Å². The molecule has 7 nitrogen and oxygen atoms in total. The number of fused-ring (bicyclic) bond motifs is 1. The number of rotatable bonds is 7. The summed E-state index contributed by atoms with van der Waals surface area (Å²) in [6.07, 6.45) is 6.17. The van der Waals surface area contributed by atoms with Crippen molar-refractivity contribution in [3.05, 3.63) is 66.0 Å². The molecule has 0 unspecified atom stereocenters. The summed E-state index contributed by atoms with van der Waals surface area (Å²) in [5, 5.41) is 17.8. The molecule has 2 aromatic carbocycles. The molecule has 0 atom stereocenters. The Bertz CT molecular complexity index is 1240. The van der Waals surface area contributed by atoms with Crippen molar-refractivity contribution in [2.45, 2.75) is 19.8 Å². The van der Waals surface area contributed by atoms with Crippen molar-refractivity contribution >= 4 is 40.3 Å². The lowest BCUT2D eigenvalue weighted by Gasteiger charge is -2.12. The molecule has 1 fully saturated rings. The van der Waals surface area contributed by atoms with Crippen LogP contribution in [-0.2, 0) is 9.59 Å². The highest BCUT2D eigenvalue weighted by Gasteiger charge is 2.29. The number of carbonyl (C=O) groups excluding carboxylic acids is 2. The lowest BCUT2D eigenvalue weighted by Crippen LogP contribution is -2.17. The van der Waals surface area contributed by atoms with E-state index < -0.39 is 0 Å². The second-order valence-corrected chi connectivity index (χ2v) is 7.91. The number of amides is 2. The van der Waals surface area contributed by atoms with Crippen LogP contribution in [0.2, 0.25) is 0 Å². The van der Waals surface area contributed by atoms with E-state index in [1.165, 1.54) is 6.20 Å². The van der Waals surface area contributed by atoms with Gasteiger partial charge in [-0.15, -0.1) is 0 Å². The lowest BCUT2D eigenvalue weighted by molar-refractivity contribution is -0.117. The van der Waals surface area contributed by atoms with E-state index in [1.54, 1.807) is 13.2 Å². The fraction of sp³-hybridized carbons (Fsp3) is 0.200. The van der Waals surface area contributed by atoms with E-state index in [2.05, 4.69) is 20.9 Å². The number of hydrogen-bond acceptors (Lipinski definition) is 5. The quantitative estimate of drug-likeness (QED) is 0.334. The SMILES string of the molecule is CN/C=C(\C=N)C(=O)Nc1ccc(C)c(-c2ccc3cc(NC(=O)C4CC4)ncc3c2)c1. The summed E-state index contributed by atoms with van der Waals surface area (Å²) in [5.74, 6) is 0.389. The van der Waals surface area contributed by atoms with Crippen LogP contribution in [0.3, 0.4) is 0 Å². The Morgan fingerprint density at radius 1 is 1.06 bits per heavy atom. The van der Waals surface area contributed by atoms with Crippen molar-refractivity contribution in [3.8, 4) is 11.1 Å². The van der Waals surface area contributed by atoms with E-state index >= 15 is 0 Å². The van der Waals surface area contributed by atoms with E-state index in [0.29, 0.717) is 11.5 Å². The molecule has 7 heteroatoms. The van der Waals surface area contributed by atoms with Gasteiger partial charge in [0.15, 0.2) is 0 Å². The van der Waals surface area contributed by atoms with Crippen molar-refractivity contribution in [3.63, 3.8) is 0 Å². The molecule has 3 aromatic rings. The van der Waals surface area contributed by atoms with Gasteiger partial charge in [-0.2, -0.15) is 0 Å². The van der Waals surface area contributed by atoms with Gasteiger partial charge < -0.3 is 21.4 Å². The molecule has 2 amide bonds. The van der Waals surface area contributed by atoms with Gasteiger partial charge in [0.2, 0.25) is 5.91 Å². The predicted molar refractivity (Wildman–Crippen MR) is 128 cm³/mol. The van der Waals surface area contributed by atoms with Crippen molar-refractivity contribution in [2.75, 3.05) is 17.7 Å². The third-order valence-corrected chi connectivity index (χ3v) is 5.45. The first-order chi connectivity index (χ1) is 15.5. The Morgan fingerprint density at radius 3 is 2.59 bits per heavy atom. The van der Waals surface area contributed by atoms with Crippen LogP contribution in [0, 0.1) is 18.3 Å². The Kier molecular flexibility index (Phi) is 5.98. The van der Waals surface area contributed by atoms with Gasteiger partial charge in [-0.05, 0) is 66.1 Å². The highest BCUT2D eigenvalue weighted by Crippen LogP contribution is 2.32. The molecule has 1 aliphatic rings. The Balaban J connectivity index is 1.59. The smallest absolute Gasteiger partial charge is 0.258 e. The summed E-state index contributed by atoms with van der Waals surface area (Å²) in [6, 6.07) is 13.7. The Labute approximate surface area is 186 Å². The minimum Gasteiger partial charge on any atom is -0.393 e. The molecule has 0 aliphatic heterocycles. The van der Waals surface area contributed by atoms with Crippen molar-refractivity contribution in [1.82, 2.24) is 10.3 Å². The Hall–Kier alpha value is -4.00. The van der Waals surface area contributed by atoms with Crippen LogP contribution in [0.15, 0.2) is 60.4 Å². The molecule has 0 spiro atoms. The van der Waals surface area contributed by atoms with Crippen LogP contribution in [0.25, 0.3) is 21.9 Å². The number of benzene rings is 2. The number of nitrogens with zero attached hydrogens (tertiary/aromatic N) is 1. The predicted octanol–water partition coefficient (Wildman–Crippen LogP) is 4.25. The number of carbonyl (C=O) groups is 2. The Morgan fingerprint density at radius 2 is 1.88 bits per heavy atom. The number of aromatic nitrogens is 1. The number of pyridine rings is 1. The maximum absolute atomic E-state index is 12.4. The minimum absolute atomic E-state index is 0.0405. The van der Waals surface area contributed by atoms with Crippen LogP contribution >= 0.6 is 0 Å². The van der Waals surface area contributed by atoms with E-state index in [4.69, 9.17) is 5.41 Å². The normalized spacial score (nSPS) is 13.5. The highest BCUT2D eigenvalue weighted by molar-refractivity contribution is 6.17. The zero-order chi connectivity index (χ0) is 22.7. The molecule has 1 aliphatic carbocycles. The molecule has 1 saturated carbocycles. The van der Waals surface area contributed by atoms with Crippen LogP contribution in [0.5, 0.6) is 0 Å². The number of hydrogen-bond donors (Lipinski definition) is 4. The van der Waals surface area contributed by atoms with Crippen LogP contribution in [0.4, 0.5) is 11.5 Å². The third kappa shape index (κ3) is 4.67. The topological polar surface area (TPSA) is 107 Å².